The van der Waals surface area contributed by atoms with Gasteiger partial charge in [0.2, 0.25) is 0 Å². The Labute approximate surface area is 118 Å². The van der Waals surface area contributed by atoms with E-state index in [1.807, 2.05) is 29.6 Å². The maximum Gasteiger partial charge on any atom is 0.252 e. The van der Waals surface area contributed by atoms with Crippen LogP contribution in [-0.4, -0.2) is 5.91 Å². The topological polar surface area (TPSA) is 29.1 Å². The molecule has 0 aliphatic carbocycles. The number of rotatable bonds is 3. The van der Waals surface area contributed by atoms with Gasteiger partial charge in [0.1, 0.15) is 0 Å². The lowest BCUT2D eigenvalue weighted by Gasteiger charge is -2.06. The van der Waals surface area contributed by atoms with E-state index in [4.69, 9.17) is 0 Å². The number of benzene rings is 1. The Morgan fingerprint density at radius 2 is 2.18 bits per heavy atom. The molecule has 1 N–H and O–H groups in total. The zero-order valence-electron chi connectivity index (χ0n) is 9.37. The summed E-state index contributed by atoms with van der Waals surface area (Å²) in [7, 11) is 0. The van der Waals surface area contributed by atoms with E-state index in [1.54, 1.807) is 11.3 Å². The van der Waals surface area contributed by atoms with Gasteiger partial charge in [0.05, 0.1) is 8.45 Å². The first-order valence-corrected chi connectivity index (χ1v) is 7.19. The van der Waals surface area contributed by atoms with E-state index in [2.05, 4.69) is 40.9 Å². The fourth-order valence-electron chi connectivity index (χ4n) is 1.52. The molecule has 1 aromatic carbocycles. The third-order valence-corrected chi connectivity index (χ3v) is 4.32. The van der Waals surface area contributed by atoms with E-state index in [1.165, 1.54) is 5.56 Å². The summed E-state index contributed by atoms with van der Waals surface area (Å²) in [6.45, 7) is 2.63. The van der Waals surface area contributed by atoms with Gasteiger partial charge in [0.15, 0.2) is 0 Å². The lowest BCUT2D eigenvalue weighted by atomic mass is 10.1. The molecule has 0 fully saturated rings. The highest BCUT2D eigenvalue weighted by Gasteiger charge is 2.07. The summed E-state index contributed by atoms with van der Waals surface area (Å²) in [6, 6.07) is 9.98. The monoisotopic (exact) mass is 357 g/mol. The summed E-state index contributed by atoms with van der Waals surface area (Å²) < 4.78 is 1.13. The Hall–Kier alpha value is -0.880. The summed E-state index contributed by atoms with van der Waals surface area (Å²) in [5.74, 6) is -0.00702. The van der Waals surface area contributed by atoms with Crippen LogP contribution in [0.4, 0.5) is 0 Å². The molecule has 2 nitrogen and oxygen atoms in total. The molecule has 2 aromatic rings. The van der Waals surface area contributed by atoms with Gasteiger partial charge in [-0.1, -0.05) is 24.3 Å². The van der Waals surface area contributed by atoms with E-state index in [-0.39, 0.29) is 5.91 Å². The average molecular weight is 357 g/mol. The van der Waals surface area contributed by atoms with Crippen LogP contribution in [0.15, 0.2) is 35.7 Å². The van der Waals surface area contributed by atoms with E-state index in [0.29, 0.717) is 6.54 Å². The second-order valence-corrected chi connectivity index (χ2v) is 6.55. The van der Waals surface area contributed by atoms with Crippen molar-refractivity contribution in [1.29, 1.82) is 0 Å². The summed E-state index contributed by atoms with van der Waals surface area (Å²) in [5.41, 5.74) is 3.10. The minimum atomic E-state index is -0.00702. The third kappa shape index (κ3) is 3.29. The van der Waals surface area contributed by atoms with E-state index in [9.17, 15) is 4.79 Å². The maximum absolute atomic E-state index is 11.8. The van der Waals surface area contributed by atoms with Crippen molar-refractivity contribution in [1.82, 2.24) is 5.32 Å². The Balaban J connectivity index is 1.99. The first kappa shape index (κ1) is 12.6. The fourth-order valence-corrected chi connectivity index (χ4v) is 2.84. The van der Waals surface area contributed by atoms with Crippen LogP contribution < -0.4 is 5.32 Å². The Morgan fingerprint density at radius 1 is 1.41 bits per heavy atom. The molecule has 0 aliphatic rings. The summed E-state index contributed by atoms with van der Waals surface area (Å²) in [5, 5.41) is 4.82. The quantitative estimate of drug-likeness (QED) is 0.836. The molecule has 0 atom stereocenters. The lowest BCUT2D eigenvalue weighted by molar-refractivity contribution is 0.0951. The van der Waals surface area contributed by atoms with Gasteiger partial charge in [0, 0.05) is 11.9 Å². The van der Waals surface area contributed by atoms with Gasteiger partial charge in [-0.3, -0.25) is 4.79 Å². The predicted octanol–water partition coefficient (Wildman–Crippen LogP) is 3.59. The van der Waals surface area contributed by atoms with Crippen LogP contribution in [0.3, 0.4) is 0 Å². The Morgan fingerprint density at radius 3 is 2.82 bits per heavy atom. The number of halogens is 1. The molecule has 17 heavy (non-hydrogen) atoms. The number of carbonyl (C=O) groups is 1. The van der Waals surface area contributed by atoms with Crippen LogP contribution in [0.5, 0.6) is 0 Å². The van der Waals surface area contributed by atoms with Gasteiger partial charge < -0.3 is 5.32 Å². The highest BCUT2D eigenvalue weighted by atomic mass is 127. The molecule has 2 rings (SSSR count). The lowest BCUT2D eigenvalue weighted by Crippen LogP contribution is -2.22. The number of amides is 1. The molecule has 1 heterocycles. The van der Waals surface area contributed by atoms with Gasteiger partial charge in [-0.15, -0.1) is 11.3 Å². The zero-order chi connectivity index (χ0) is 12.3. The van der Waals surface area contributed by atoms with Crippen LogP contribution in [0, 0.1) is 9.81 Å². The van der Waals surface area contributed by atoms with Crippen molar-refractivity contribution in [3.8, 4) is 0 Å². The van der Waals surface area contributed by atoms with Crippen molar-refractivity contribution in [2.24, 2.45) is 0 Å². The fraction of sp³-hybridized carbons (Fsp3) is 0.154. The SMILES string of the molecule is Cc1ccccc1CNC(=O)c1csc(I)c1. The van der Waals surface area contributed by atoms with Crippen LogP contribution in [0.2, 0.25) is 0 Å². The highest BCUT2D eigenvalue weighted by molar-refractivity contribution is 14.1. The van der Waals surface area contributed by atoms with Crippen molar-refractivity contribution < 1.29 is 4.79 Å². The van der Waals surface area contributed by atoms with Crippen molar-refractivity contribution >= 4 is 39.8 Å². The molecule has 4 heteroatoms. The summed E-state index contributed by atoms with van der Waals surface area (Å²) >= 11 is 3.80. The Kier molecular flexibility index (Phi) is 4.17. The van der Waals surface area contributed by atoms with Gasteiger partial charge in [-0.25, -0.2) is 0 Å². The third-order valence-electron chi connectivity index (χ3n) is 2.53. The minimum absolute atomic E-state index is 0.00702. The van der Waals surface area contributed by atoms with Crippen LogP contribution in [-0.2, 0) is 6.54 Å². The van der Waals surface area contributed by atoms with Crippen molar-refractivity contribution in [2.75, 3.05) is 0 Å². The van der Waals surface area contributed by atoms with Crippen molar-refractivity contribution in [3.05, 3.63) is 55.3 Å². The van der Waals surface area contributed by atoms with E-state index >= 15 is 0 Å². The second kappa shape index (κ2) is 5.64. The number of aryl methyl sites for hydroxylation is 1. The molecule has 1 amide bonds. The molecule has 0 bridgehead atoms. The molecule has 88 valence electrons. The normalized spacial score (nSPS) is 10.2. The standard InChI is InChI=1S/C13H12INOS/c1-9-4-2-3-5-10(9)7-15-13(16)11-6-12(14)17-8-11/h2-6,8H,7H2,1H3,(H,15,16). The first-order chi connectivity index (χ1) is 8.16. The van der Waals surface area contributed by atoms with Crippen LogP contribution in [0.25, 0.3) is 0 Å². The molecule has 0 unspecified atom stereocenters. The molecule has 1 aromatic heterocycles. The van der Waals surface area contributed by atoms with Gasteiger partial charge in [-0.05, 0) is 46.7 Å². The van der Waals surface area contributed by atoms with Gasteiger partial charge >= 0.3 is 0 Å². The molecular formula is C13H12INOS. The number of hydrogen-bond donors (Lipinski definition) is 1. The number of nitrogens with one attached hydrogen (secondary N) is 1. The molecular weight excluding hydrogens is 345 g/mol. The molecule has 0 saturated heterocycles. The van der Waals surface area contributed by atoms with Crippen molar-refractivity contribution in [2.45, 2.75) is 13.5 Å². The van der Waals surface area contributed by atoms with Gasteiger partial charge in [0.25, 0.3) is 5.91 Å². The molecule has 0 radical (unpaired) electrons. The van der Waals surface area contributed by atoms with E-state index in [0.717, 1.165) is 14.0 Å². The van der Waals surface area contributed by atoms with E-state index < -0.39 is 0 Å². The van der Waals surface area contributed by atoms with Crippen LogP contribution >= 0.6 is 33.9 Å². The molecule has 0 spiro atoms. The smallest absolute Gasteiger partial charge is 0.252 e. The number of carbonyl (C=O) groups excluding carboxylic acids is 1. The number of thiophene rings is 1. The average Bonchev–Trinajstić information content (AvgIpc) is 2.74. The number of hydrogen-bond acceptors (Lipinski definition) is 2. The van der Waals surface area contributed by atoms with Gasteiger partial charge in [-0.2, -0.15) is 0 Å². The largest absolute Gasteiger partial charge is 0.348 e. The summed E-state index contributed by atoms with van der Waals surface area (Å²) in [4.78, 5) is 11.8. The highest BCUT2D eigenvalue weighted by Crippen LogP contribution is 2.16. The molecule has 0 saturated carbocycles. The molecule has 0 aliphatic heterocycles. The zero-order valence-corrected chi connectivity index (χ0v) is 12.3. The van der Waals surface area contributed by atoms with Crippen LogP contribution in [0.1, 0.15) is 21.5 Å². The summed E-state index contributed by atoms with van der Waals surface area (Å²) in [6.07, 6.45) is 0. The second-order valence-electron chi connectivity index (χ2n) is 3.75. The minimum Gasteiger partial charge on any atom is -0.348 e. The predicted molar refractivity (Wildman–Crippen MR) is 79.4 cm³/mol. The Bertz CT molecular complexity index is 536. The maximum atomic E-state index is 11.8. The van der Waals surface area contributed by atoms with Crippen molar-refractivity contribution in [3.63, 3.8) is 0 Å². The first-order valence-electron chi connectivity index (χ1n) is 5.23.